The quantitative estimate of drug-likeness (QED) is 0.650. The van der Waals surface area contributed by atoms with Crippen LogP contribution in [0.5, 0.6) is 0 Å². The van der Waals surface area contributed by atoms with Crippen LogP contribution in [0.2, 0.25) is 5.02 Å². The van der Waals surface area contributed by atoms with E-state index in [4.69, 9.17) is 16.9 Å². The van der Waals surface area contributed by atoms with E-state index >= 15 is 0 Å². The number of hydrogen-bond donors (Lipinski definition) is 1. The molecule has 1 aliphatic rings. The van der Waals surface area contributed by atoms with Crippen molar-refractivity contribution in [1.82, 2.24) is 4.98 Å². The standard InChI is InChI=1S/C10H9ClN4O3/c11-8-3-7(15(17)18)4-13-9(8)14-5-10(16,6-14)1-2-12/h3-4,16H,1,5-6H2. The lowest BCUT2D eigenvalue weighted by atomic mass is 9.91. The lowest BCUT2D eigenvalue weighted by molar-refractivity contribution is -0.385. The SMILES string of the molecule is N#CCC1(O)CN(c2ncc([N+](=O)[O-])cc2Cl)C1. The highest BCUT2D eigenvalue weighted by Gasteiger charge is 2.42. The number of β-amino-alcohol motifs (C(OH)–C–C–N with tert-alkyl or cyclic N) is 1. The van der Waals surface area contributed by atoms with Crippen molar-refractivity contribution in [2.45, 2.75) is 12.0 Å². The second-order valence-corrected chi connectivity index (χ2v) is 4.58. The monoisotopic (exact) mass is 268 g/mol. The summed E-state index contributed by atoms with van der Waals surface area (Å²) in [5.74, 6) is 0.380. The maximum Gasteiger partial charge on any atom is 0.289 e. The average Bonchev–Trinajstić information content (AvgIpc) is 2.26. The van der Waals surface area contributed by atoms with Gasteiger partial charge in [0, 0.05) is 6.07 Å². The number of anilines is 1. The number of pyridine rings is 1. The summed E-state index contributed by atoms with van der Waals surface area (Å²) >= 11 is 5.90. The highest BCUT2D eigenvalue weighted by atomic mass is 35.5. The van der Waals surface area contributed by atoms with Crippen LogP contribution in [0.1, 0.15) is 6.42 Å². The minimum absolute atomic E-state index is 0.0358. The third-order valence-electron chi connectivity index (χ3n) is 2.70. The van der Waals surface area contributed by atoms with Crippen molar-refractivity contribution in [1.29, 1.82) is 5.26 Å². The fraction of sp³-hybridized carbons (Fsp3) is 0.400. The number of nitro groups is 1. The van der Waals surface area contributed by atoms with Gasteiger partial charge in [-0.25, -0.2) is 4.98 Å². The van der Waals surface area contributed by atoms with Crippen LogP contribution in [0.4, 0.5) is 11.5 Å². The summed E-state index contributed by atoms with van der Waals surface area (Å²) in [5, 5.41) is 29.0. The zero-order valence-electron chi connectivity index (χ0n) is 9.21. The van der Waals surface area contributed by atoms with Crippen LogP contribution in [0, 0.1) is 21.4 Å². The van der Waals surface area contributed by atoms with Gasteiger partial charge in [0.05, 0.1) is 35.5 Å². The number of halogens is 1. The molecule has 0 radical (unpaired) electrons. The Labute approximate surface area is 107 Å². The van der Waals surface area contributed by atoms with Gasteiger partial charge in [0.25, 0.3) is 5.69 Å². The van der Waals surface area contributed by atoms with Gasteiger partial charge in [-0.1, -0.05) is 11.6 Å². The second-order valence-electron chi connectivity index (χ2n) is 4.17. The van der Waals surface area contributed by atoms with Crippen molar-refractivity contribution >= 4 is 23.1 Å². The highest BCUT2D eigenvalue weighted by Crippen LogP contribution is 2.34. The van der Waals surface area contributed by atoms with Gasteiger partial charge in [-0.05, 0) is 0 Å². The molecule has 2 heterocycles. The van der Waals surface area contributed by atoms with Crippen LogP contribution >= 0.6 is 11.6 Å². The van der Waals surface area contributed by atoms with Crippen LogP contribution < -0.4 is 4.90 Å². The average molecular weight is 269 g/mol. The minimum atomic E-state index is -1.04. The van der Waals surface area contributed by atoms with Gasteiger partial charge in [0.15, 0.2) is 0 Å². The first-order valence-corrected chi connectivity index (χ1v) is 5.47. The molecular formula is C10H9ClN4O3. The molecule has 0 saturated carbocycles. The summed E-state index contributed by atoms with van der Waals surface area (Å²) < 4.78 is 0. The summed E-state index contributed by atoms with van der Waals surface area (Å²) in [6, 6.07) is 3.12. The van der Waals surface area contributed by atoms with Crippen molar-refractivity contribution in [3.63, 3.8) is 0 Å². The molecule has 8 heteroatoms. The molecule has 1 aromatic rings. The Morgan fingerprint density at radius 2 is 2.39 bits per heavy atom. The molecular weight excluding hydrogens is 260 g/mol. The Kier molecular flexibility index (Phi) is 3.07. The summed E-state index contributed by atoms with van der Waals surface area (Å²) in [5.41, 5.74) is -1.22. The van der Waals surface area contributed by atoms with Crippen LogP contribution in [-0.4, -0.2) is 33.7 Å². The predicted molar refractivity (Wildman–Crippen MR) is 63.3 cm³/mol. The predicted octanol–water partition coefficient (Wildman–Crippen LogP) is 1.11. The summed E-state index contributed by atoms with van der Waals surface area (Å²) in [6.07, 6.45) is 1.15. The van der Waals surface area contributed by atoms with Crippen LogP contribution in [0.15, 0.2) is 12.3 Å². The molecule has 1 aromatic heterocycles. The molecule has 0 unspecified atom stereocenters. The van der Waals surface area contributed by atoms with Gasteiger partial charge in [-0.3, -0.25) is 10.1 Å². The Bertz CT molecular complexity index is 536. The Morgan fingerprint density at radius 1 is 1.72 bits per heavy atom. The largest absolute Gasteiger partial charge is 0.385 e. The number of nitriles is 1. The van der Waals surface area contributed by atoms with Crippen molar-refractivity contribution < 1.29 is 10.0 Å². The number of nitrogens with zero attached hydrogens (tertiary/aromatic N) is 4. The Morgan fingerprint density at radius 3 is 2.89 bits per heavy atom. The van der Waals surface area contributed by atoms with Crippen molar-refractivity contribution in [3.8, 4) is 6.07 Å². The number of aliphatic hydroxyl groups is 1. The van der Waals surface area contributed by atoms with Crippen LogP contribution in [0.3, 0.4) is 0 Å². The summed E-state index contributed by atoms with van der Waals surface area (Å²) in [7, 11) is 0. The molecule has 0 aromatic carbocycles. The minimum Gasteiger partial charge on any atom is -0.385 e. The molecule has 1 N–H and O–H groups in total. The second kappa shape index (κ2) is 4.40. The molecule has 0 spiro atoms. The molecule has 94 valence electrons. The first-order valence-electron chi connectivity index (χ1n) is 5.09. The molecule has 0 atom stereocenters. The molecule has 0 aliphatic carbocycles. The molecule has 0 bridgehead atoms. The van der Waals surface area contributed by atoms with Gasteiger partial charge in [0.2, 0.25) is 0 Å². The van der Waals surface area contributed by atoms with E-state index in [0.29, 0.717) is 5.82 Å². The van der Waals surface area contributed by atoms with E-state index in [9.17, 15) is 15.2 Å². The maximum atomic E-state index is 10.5. The third kappa shape index (κ3) is 2.20. The van der Waals surface area contributed by atoms with Crippen LogP contribution in [0.25, 0.3) is 0 Å². The smallest absolute Gasteiger partial charge is 0.289 e. The number of aromatic nitrogens is 1. The summed E-state index contributed by atoms with van der Waals surface area (Å²) in [6.45, 7) is 0.482. The number of rotatable bonds is 3. The summed E-state index contributed by atoms with van der Waals surface area (Å²) in [4.78, 5) is 15.5. The van der Waals surface area contributed by atoms with E-state index in [1.165, 1.54) is 6.07 Å². The molecule has 2 rings (SSSR count). The van der Waals surface area contributed by atoms with E-state index in [1.54, 1.807) is 4.90 Å². The fourth-order valence-electron chi connectivity index (χ4n) is 1.83. The van der Waals surface area contributed by atoms with Crippen molar-refractivity contribution in [2.24, 2.45) is 0 Å². The zero-order chi connectivity index (χ0) is 13.3. The highest BCUT2D eigenvalue weighted by molar-refractivity contribution is 6.33. The first kappa shape index (κ1) is 12.5. The fourth-order valence-corrected chi connectivity index (χ4v) is 2.11. The molecule has 0 amide bonds. The lowest BCUT2D eigenvalue weighted by Gasteiger charge is -2.46. The normalized spacial score (nSPS) is 16.8. The van der Waals surface area contributed by atoms with E-state index in [1.807, 2.05) is 6.07 Å². The topological polar surface area (TPSA) is 103 Å². The Hall–Kier alpha value is -1.91. The van der Waals surface area contributed by atoms with Crippen molar-refractivity contribution in [3.05, 3.63) is 27.4 Å². The van der Waals surface area contributed by atoms with Gasteiger partial charge in [0.1, 0.15) is 17.6 Å². The van der Waals surface area contributed by atoms with E-state index in [0.717, 1.165) is 6.20 Å². The first-order chi connectivity index (χ1) is 8.45. The maximum absolute atomic E-state index is 10.5. The van der Waals surface area contributed by atoms with Gasteiger partial charge >= 0.3 is 0 Å². The molecule has 1 fully saturated rings. The van der Waals surface area contributed by atoms with Crippen molar-refractivity contribution in [2.75, 3.05) is 18.0 Å². The van der Waals surface area contributed by atoms with Gasteiger partial charge < -0.3 is 10.0 Å². The molecule has 1 aliphatic heterocycles. The third-order valence-corrected chi connectivity index (χ3v) is 2.97. The Balaban J connectivity index is 2.13. The number of hydrogen-bond acceptors (Lipinski definition) is 6. The van der Waals surface area contributed by atoms with Gasteiger partial charge in [-0.15, -0.1) is 0 Å². The molecule has 18 heavy (non-hydrogen) atoms. The molecule has 7 nitrogen and oxygen atoms in total. The molecule has 1 saturated heterocycles. The van der Waals surface area contributed by atoms with Gasteiger partial charge in [-0.2, -0.15) is 5.26 Å². The van der Waals surface area contributed by atoms with E-state index < -0.39 is 10.5 Å². The van der Waals surface area contributed by atoms with E-state index in [2.05, 4.69) is 4.98 Å². The zero-order valence-corrected chi connectivity index (χ0v) is 9.96. The van der Waals surface area contributed by atoms with E-state index in [-0.39, 0.29) is 30.2 Å². The van der Waals surface area contributed by atoms with Crippen LogP contribution in [-0.2, 0) is 0 Å². The lowest BCUT2D eigenvalue weighted by Crippen LogP contribution is -2.62.